The van der Waals surface area contributed by atoms with E-state index in [9.17, 15) is 18.4 Å². The molecule has 1 unspecified atom stereocenters. The first-order valence-electron chi connectivity index (χ1n) is 6.16. The van der Waals surface area contributed by atoms with Gasteiger partial charge in [-0.25, -0.2) is 4.79 Å². The van der Waals surface area contributed by atoms with Crippen LogP contribution >= 0.6 is 11.8 Å². The molecule has 1 aliphatic rings. The number of hydrogen-bond acceptors (Lipinski definition) is 4. The molecule has 2 rings (SSSR count). The van der Waals surface area contributed by atoms with E-state index < -0.39 is 23.7 Å². The lowest BCUT2D eigenvalue weighted by molar-refractivity contribution is -0.154. The molecule has 0 radical (unpaired) electrons. The minimum Gasteiger partial charge on any atom is -0.479 e. The van der Waals surface area contributed by atoms with Gasteiger partial charge in [0.05, 0.1) is 18.7 Å². The lowest BCUT2D eigenvalue weighted by atomic mass is 10.1. The number of aliphatic carboxylic acids is 1. The second kappa shape index (κ2) is 6.86. The van der Waals surface area contributed by atoms with E-state index in [4.69, 9.17) is 9.84 Å². The Kier molecular flexibility index (Phi) is 5.13. The average Bonchev–Trinajstić information content (AvgIpc) is 2.46. The van der Waals surface area contributed by atoms with Gasteiger partial charge in [0, 0.05) is 11.4 Å². The topological polar surface area (TPSA) is 66.8 Å². The van der Waals surface area contributed by atoms with Crippen molar-refractivity contribution in [1.82, 2.24) is 4.90 Å². The predicted octanol–water partition coefficient (Wildman–Crippen LogP) is 1.93. The summed E-state index contributed by atoms with van der Waals surface area (Å²) in [6, 6.07) is 6.05. The Morgan fingerprint density at radius 1 is 1.38 bits per heavy atom. The van der Waals surface area contributed by atoms with Crippen LogP contribution in [0.4, 0.5) is 8.78 Å². The van der Waals surface area contributed by atoms with Crippen LogP contribution < -0.4 is 0 Å². The minimum atomic E-state index is -2.63. The van der Waals surface area contributed by atoms with Crippen LogP contribution in [0.15, 0.2) is 29.2 Å². The number of amides is 1. The second-order valence-corrected chi connectivity index (χ2v) is 5.36. The quantitative estimate of drug-likeness (QED) is 0.860. The van der Waals surface area contributed by atoms with Gasteiger partial charge in [0.25, 0.3) is 11.7 Å². The van der Waals surface area contributed by atoms with Gasteiger partial charge in [-0.15, -0.1) is 0 Å². The number of alkyl halides is 2. The second-order valence-electron chi connectivity index (χ2n) is 4.32. The summed E-state index contributed by atoms with van der Waals surface area (Å²) in [6.07, 6.45) is -1.09. The molecule has 5 nitrogen and oxygen atoms in total. The third-order valence-electron chi connectivity index (χ3n) is 2.96. The fourth-order valence-corrected chi connectivity index (χ4v) is 2.63. The van der Waals surface area contributed by atoms with Gasteiger partial charge in [-0.3, -0.25) is 4.79 Å². The van der Waals surface area contributed by atoms with Gasteiger partial charge in [-0.2, -0.15) is 8.78 Å². The average molecular weight is 317 g/mol. The summed E-state index contributed by atoms with van der Waals surface area (Å²) in [5.41, 5.74) is 0.147. The molecule has 1 heterocycles. The lowest BCUT2D eigenvalue weighted by Crippen LogP contribution is -2.48. The van der Waals surface area contributed by atoms with Crippen LogP contribution in [0.1, 0.15) is 10.4 Å². The third kappa shape index (κ3) is 3.92. The molecule has 0 aliphatic carbocycles. The number of carboxylic acid groups (broad SMARTS) is 1. The third-order valence-corrected chi connectivity index (χ3v) is 3.75. The Labute approximate surface area is 123 Å². The fraction of sp³-hybridized carbons (Fsp3) is 0.385. The maximum Gasteiger partial charge on any atom is 0.334 e. The van der Waals surface area contributed by atoms with Gasteiger partial charge in [0.15, 0.2) is 6.10 Å². The number of ether oxygens (including phenoxy) is 1. The number of benzene rings is 1. The van der Waals surface area contributed by atoms with E-state index in [2.05, 4.69) is 0 Å². The van der Waals surface area contributed by atoms with Crippen LogP contribution in [0.5, 0.6) is 0 Å². The van der Waals surface area contributed by atoms with Gasteiger partial charge in [0.2, 0.25) is 0 Å². The summed E-state index contributed by atoms with van der Waals surface area (Å²) in [4.78, 5) is 24.8. The Bertz CT molecular complexity index is 541. The molecule has 1 atom stereocenters. The number of nitrogens with zero attached hydrogens (tertiary/aromatic N) is 1. The molecule has 0 saturated carbocycles. The van der Waals surface area contributed by atoms with E-state index in [0.29, 0.717) is 11.8 Å². The molecule has 1 aliphatic heterocycles. The molecule has 1 saturated heterocycles. The highest BCUT2D eigenvalue weighted by Crippen LogP contribution is 2.29. The number of carbonyl (C=O) groups is 2. The molecule has 1 aromatic carbocycles. The van der Waals surface area contributed by atoms with Crippen LogP contribution in [0.2, 0.25) is 0 Å². The Morgan fingerprint density at radius 3 is 2.76 bits per heavy atom. The maximum absolute atomic E-state index is 12.5. The molecule has 1 fully saturated rings. The van der Waals surface area contributed by atoms with Crippen molar-refractivity contribution in [3.8, 4) is 0 Å². The van der Waals surface area contributed by atoms with E-state index >= 15 is 0 Å². The van der Waals surface area contributed by atoms with Crippen LogP contribution in [-0.2, 0) is 9.53 Å². The van der Waals surface area contributed by atoms with Gasteiger partial charge in [0.1, 0.15) is 0 Å². The first-order valence-corrected chi connectivity index (χ1v) is 7.04. The number of morpholine rings is 1. The van der Waals surface area contributed by atoms with Crippen molar-refractivity contribution < 1.29 is 28.2 Å². The minimum absolute atomic E-state index is 0.0954. The number of carboxylic acids is 1. The maximum atomic E-state index is 12.5. The normalized spacial score (nSPS) is 18.8. The van der Waals surface area contributed by atoms with E-state index in [1.807, 2.05) is 0 Å². The summed E-state index contributed by atoms with van der Waals surface area (Å²) in [5, 5.41) is 8.92. The Morgan fingerprint density at radius 2 is 2.10 bits per heavy atom. The first-order chi connectivity index (χ1) is 9.99. The number of carbonyl (C=O) groups excluding carboxylic acids is 1. The number of thioether (sulfide) groups is 1. The summed E-state index contributed by atoms with van der Waals surface area (Å²) in [6.45, 7) is 0.241. The van der Waals surface area contributed by atoms with Crippen LogP contribution in [-0.4, -0.2) is 53.4 Å². The highest BCUT2D eigenvalue weighted by atomic mass is 32.2. The van der Waals surface area contributed by atoms with Crippen molar-refractivity contribution in [3.63, 3.8) is 0 Å². The zero-order valence-corrected chi connectivity index (χ0v) is 11.7. The lowest BCUT2D eigenvalue weighted by Gasteiger charge is -2.31. The Hall–Kier alpha value is -1.67. The number of rotatable bonds is 4. The van der Waals surface area contributed by atoms with Crippen LogP contribution in [0, 0.1) is 0 Å². The zero-order valence-electron chi connectivity index (χ0n) is 10.9. The van der Waals surface area contributed by atoms with Gasteiger partial charge in [-0.05, 0) is 12.1 Å². The van der Waals surface area contributed by atoms with E-state index in [-0.39, 0.29) is 30.2 Å². The monoisotopic (exact) mass is 317 g/mol. The largest absolute Gasteiger partial charge is 0.479 e. The van der Waals surface area contributed by atoms with E-state index in [1.54, 1.807) is 12.1 Å². The molecule has 0 bridgehead atoms. The molecule has 1 N–H and O–H groups in total. The molecule has 0 aromatic heterocycles. The molecule has 0 spiro atoms. The highest BCUT2D eigenvalue weighted by Gasteiger charge is 2.30. The summed E-state index contributed by atoms with van der Waals surface area (Å²) in [7, 11) is 0. The van der Waals surface area contributed by atoms with Crippen molar-refractivity contribution in [1.29, 1.82) is 0 Å². The Balaban J connectivity index is 2.18. The van der Waals surface area contributed by atoms with Crippen LogP contribution in [0.25, 0.3) is 0 Å². The summed E-state index contributed by atoms with van der Waals surface area (Å²) in [5.74, 6) is -4.24. The van der Waals surface area contributed by atoms with Crippen molar-refractivity contribution in [2.75, 3.05) is 19.7 Å². The fourth-order valence-electron chi connectivity index (χ4n) is 2.00. The van der Waals surface area contributed by atoms with Gasteiger partial charge in [-0.1, -0.05) is 23.9 Å². The summed E-state index contributed by atoms with van der Waals surface area (Å²) >= 11 is 0.296. The van der Waals surface area contributed by atoms with Gasteiger partial charge < -0.3 is 14.7 Å². The highest BCUT2D eigenvalue weighted by molar-refractivity contribution is 7.99. The van der Waals surface area contributed by atoms with E-state index in [1.165, 1.54) is 17.0 Å². The molecule has 114 valence electrons. The SMILES string of the molecule is O=C(O)C1CN(C(=O)c2ccccc2SC(F)F)CCO1. The molecule has 1 aromatic rings. The van der Waals surface area contributed by atoms with Gasteiger partial charge >= 0.3 is 5.97 Å². The zero-order chi connectivity index (χ0) is 15.4. The number of halogens is 2. The molecule has 8 heteroatoms. The van der Waals surface area contributed by atoms with Crippen LogP contribution in [0.3, 0.4) is 0 Å². The van der Waals surface area contributed by atoms with Crippen molar-refractivity contribution in [3.05, 3.63) is 29.8 Å². The first kappa shape index (κ1) is 15.7. The van der Waals surface area contributed by atoms with Crippen molar-refractivity contribution in [2.45, 2.75) is 16.8 Å². The summed E-state index contributed by atoms with van der Waals surface area (Å²) < 4.78 is 30.1. The smallest absolute Gasteiger partial charge is 0.334 e. The standard InChI is InChI=1S/C13H13F2NO4S/c14-13(15)21-10-4-2-1-3-8(10)11(17)16-5-6-20-9(7-16)12(18)19/h1-4,9,13H,5-7H2,(H,18,19). The van der Waals surface area contributed by atoms with E-state index in [0.717, 1.165) is 0 Å². The molecule has 1 amide bonds. The molecular weight excluding hydrogens is 304 g/mol. The number of hydrogen-bond donors (Lipinski definition) is 1. The van der Waals surface area contributed by atoms with Crippen molar-refractivity contribution >= 4 is 23.6 Å². The molecule has 21 heavy (non-hydrogen) atoms. The predicted molar refractivity (Wildman–Crippen MR) is 71.6 cm³/mol. The van der Waals surface area contributed by atoms with Crippen molar-refractivity contribution in [2.24, 2.45) is 0 Å². The molecular formula is C13H13F2NO4S.